The van der Waals surface area contributed by atoms with E-state index in [0.717, 1.165) is 32.3 Å². The van der Waals surface area contributed by atoms with Gasteiger partial charge in [0, 0.05) is 19.1 Å². The molecule has 1 saturated heterocycles. The molecule has 2 aliphatic rings. The van der Waals surface area contributed by atoms with E-state index in [2.05, 4.69) is 59.5 Å². The first-order chi connectivity index (χ1) is 19.4. The molecule has 4 rings (SSSR count). The highest BCUT2D eigenvalue weighted by Gasteiger charge is 2.41. The largest absolute Gasteiger partial charge is 0.460 e. The summed E-state index contributed by atoms with van der Waals surface area (Å²) in [6.45, 7) is 9.34. The topological polar surface area (TPSA) is 48.0 Å². The van der Waals surface area contributed by atoms with Crippen LogP contribution < -0.4 is 0 Å². The van der Waals surface area contributed by atoms with Crippen LogP contribution in [0.3, 0.4) is 0 Å². The van der Waals surface area contributed by atoms with E-state index in [9.17, 15) is 4.79 Å². The number of carbonyl (C=O) groups excluding carboxylic acids is 1. The Morgan fingerprint density at radius 3 is 2.35 bits per heavy atom. The van der Waals surface area contributed by atoms with Gasteiger partial charge in [-0.2, -0.15) is 0 Å². The summed E-state index contributed by atoms with van der Waals surface area (Å²) in [4.78, 5) is 14.6. The number of esters is 1. The molecule has 0 radical (unpaired) electrons. The van der Waals surface area contributed by atoms with Crippen LogP contribution in [0.5, 0.6) is 0 Å². The summed E-state index contributed by atoms with van der Waals surface area (Å²) in [6, 6.07) is 19.9. The Labute approximate surface area is 241 Å². The Morgan fingerprint density at radius 1 is 0.900 bits per heavy atom. The van der Waals surface area contributed by atoms with E-state index in [1.807, 2.05) is 32.9 Å². The van der Waals surface area contributed by atoms with Crippen molar-refractivity contribution in [3.63, 3.8) is 0 Å². The van der Waals surface area contributed by atoms with Gasteiger partial charge in [-0.15, -0.1) is 0 Å². The van der Waals surface area contributed by atoms with Gasteiger partial charge in [0.25, 0.3) is 0 Å². The third-order valence-electron chi connectivity index (χ3n) is 7.84. The number of ether oxygens (including phenoxy) is 3. The van der Waals surface area contributed by atoms with Crippen LogP contribution in [0.2, 0.25) is 0 Å². The number of carbonyl (C=O) groups is 1. The summed E-state index contributed by atoms with van der Waals surface area (Å²) in [5, 5.41) is 0. The van der Waals surface area contributed by atoms with Gasteiger partial charge in [-0.05, 0) is 95.5 Å². The van der Waals surface area contributed by atoms with Crippen molar-refractivity contribution in [3.8, 4) is 11.1 Å². The zero-order valence-corrected chi connectivity index (χ0v) is 24.9. The highest BCUT2D eigenvalue weighted by atomic mass is 16.6. The molecule has 3 atom stereocenters. The van der Waals surface area contributed by atoms with Crippen molar-refractivity contribution in [2.75, 3.05) is 26.3 Å². The summed E-state index contributed by atoms with van der Waals surface area (Å²) in [6.07, 6.45) is 13.5. The van der Waals surface area contributed by atoms with Gasteiger partial charge in [-0.25, -0.2) is 0 Å². The van der Waals surface area contributed by atoms with Gasteiger partial charge in [0.15, 0.2) is 0 Å². The first-order valence-electron chi connectivity index (χ1n) is 15.4. The molecule has 2 aromatic rings. The second kappa shape index (κ2) is 15.5. The van der Waals surface area contributed by atoms with E-state index in [1.165, 1.54) is 49.0 Å². The number of allylic oxidation sites excluding steroid dienone is 1. The number of rotatable bonds is 13. The van der Waals surface area contributed by atoms with Crippen LogP contribution in [-0.2, 0) is 25.4 Å². The van der Waals surface area contributed by atoms with Crippen LogP contribution in [0, 0.1) is 0 Å². The zero-order chi connectivity index (χ0) is 28.2. The predicted molar refractivity (Wildman–Crippen MR) is 162 cm³/mol. The van der Waals surface area contributed by atoms with Gasteiger partial charge in [0.1, 0.15) is 5.60 Å². The monoisotopic (exact) mass is 547 g/mol. The molecule has 0 N–H and O–H groups in total. The normalized spacial score (nSPS) is 22.1. The number of nitrogens with zero attached hydrogens (tertiary/aromatic N) is 1. The van der Waals surface area contributed by atoms with E-state index in [0.29, 0.717) is 25.5 Å². The van der Waals surface area contributed by atoms with Crippen molar-refractivity contribution in [2.24, 2.45) is 0 Å². The van der Waals surface area contributed by atoms with Gasteiger partial charge in [-0.3, -0.25) is 9.69 Å². The second-order valence-electron chi connectivity index (χ2n) is 12.2. The van der Waals surface area contributed by atoms with Crippen molar-refractivity contribution in [3.05, 3.63) is 72.3 Å². The van der Waals surface area contributed by atoms with Gasteiger partial charge < -0.3 is 14.2 Å². The standard InChI is InChI=1S/C35H49NO4/c1-35(2,3)40-33(37)17-9-5-12-26-39-34-31(36-24-10-6-11-25-36)22-23-32(34)38-27-13-14-28-18-20-30(21-19-28)29-15-7-4-8-16-29/h4-5,7-8,12,15-16,18-21,31-32,34H,6,9-11,13-14,17,22-27H2,1-3H3/t31-,32+,34+/m1/s1. The zero-order valence-electron chi connectivity index (χ0n) is 24.9. The van der Waals surface area contributed by atoms with E-state index >= 15 is 0 Å². The van der Waals surface area contributed by atoms with Crippen LogP contribution in [0.4, 0.5) is 0 Å². The average Bonchev–Trinajstić information content (AvgIpc) is 3.36. The maximum Gasteiger partial charge on any atom is 0.306 e. The summed E-state index contributed by atoms with van der Waals surface area (Å²) < 4.78 is 18.3. The molecule has 1 aliphatic heterocycles. The minimum absolute atomic E-state index is 0.0961. The van der Waals surface area contributed by atoms with Crippen molar-refractivity contribution in [1.82, 2.24) is 4.90 Å². The van der Waals surface area contributed by atoms with Crippen molar-refractivity contribution in [1.29, 1.82) is 0 Å². The fraction of sp³-hybridized carbons (Fsp3) is 0.571. The highest BCUT2D eigenvalue weighted by Crippen LogP contribution is 2.31. The maximum absolute atomic E-state index is 11.9. The Kier molecular flexibility index (Phi) is 11.8. The molecule has 1 saturated carbocycles. The summed E-state index contributed by atoms with van der Waals surface area (Å²) in [5.74, 6) is -0.153. The number of benzene rings is 2. The van der Waals surface area contributed by atoms with Gasteiger partial charge in [0.05, 0.1) is 18.8 Å². The van der Waals surface area contributed by atoms with E-state index in [1.54, 1.807) is 0 Å². The molecule has 218 valence electrons. The van der Waals surface area contributed by atoms with Crippen molar-refractivity contribution >= 4 is 5.97 Å². The first kappa shape index (κ1) is 30.5. The van der Waals surface area contributed by atoms with Crippen molar-refractivity contribution < 1.29 is 19.0 Å². The molecule has 0 bridgehead atoms. The number of piperidine rings is 1. The SMILES string of the molecule is CC(C)(C)OC(=O)CCC=CCO[C@@H]1[C@@H](OCCCc2ccc(-c3ccccc3)cc2)CC[C@H]1N1CCCCC1. The molecule has 40 heavy (non-hydrogen) atoms. The lowest BCUT2D eigenvalue weighted by Crippen LogP contribution is -2.47. The second-order valence-corrected chi connectivity index (χ2v) is 12.2. The Balaban J connectivity index is 1.22. The summed E-state index contributed by atoms with van der Waals surface area (Å²) in [7, 11) is 0. The van der Waals surface area contributed by atoms with Gasteiger partial charge in [-0.1, -0.05) is 73.2 Å². The highest BCUT2D eigenvalue weighted by molar-refractivity contribution is 5.70. The Hall–Kier alpha value is -2.47. The van der Waals surface area contributed by atoms with Crippen LogP contribution in [0.1, 0.15) is 77.7 Å². The van der Waals surface area contributed by atoms with Gasteiger partial charge in [0.2, 0.25) is 0 Å². The number of hydrogen-bond acceptors (Lipinski definition) is 5. The van der Waals surface area contributed by atoms with E-state index < -0.39 is 5.60 Å². The molecule has 0 aromatic heterocycles. The molecule has 0 amide bonds. The van der Waals surface area contributed by atoms with Crippen LogP contribution >= 0.6 is 0 Å². The molecule has 1 heterocycles. The lowest BCUT2D eigenvalue weighted by Gasteiger charge is -2.36. The number of hydrogen-bond donors (Lipinski definition) is 0. The molecule has 0 spiro atoms. The third-order valence-corrected chi connectivity index (χ3v) is 7.84. The quantitative estimate of drug-likeness (QED) is 0.149. The van der Waals surface area contributed by atoms with E-state index in [4.69, 9.17) is 14.2 Å². The minimum Gasteiger partial charge on any atom is -0.460 e. The molecule has 2 aromatic carbocycles. The first-order valence-corrected chi connectivity index (χ1v) is 15.4. The average molecular weight is 548 g/mol. The summed E-state index contributed by atoms with van der Waals surface area (Å²) in [5.41, 5.74) is 3.43. The summed E-state index contributed by atoms with van der Waals surface area (Å²) >= 11 is 0. The van der Waals surface area contributed by atoms with E-state index in [-0.39, 0.29) is 18.2 Å². The lowest BCUT2D eigenvalue weighted by atomic mass is 10.0. The fourth-order valence-electron chi connectivity index (χ4n) is 5.90. The third kappa shape index (κ3) is 9.87. The Morgan fingerprint density at radius 2 is 1.62 bits per heavy atom. The van der Waals surface area contributed by atoms with Gasteiger partial charge >= 0.3 is 5.97 Å². The fourth-order valence-corrected chi connectivity index (χ4v) is 5.90. The molecular weight excluding hydrogens is 498 g/mol. The number of likely N-dealkylation sites (tertiary alicyclic amines) is 1. The minimum atomic E-state index is -0.433. The van der Waals surface area contributed by atoms with Crippen LogP contribution in [0.25, 0.3) is 11.1 Å². The maximum atomic E-state index is 11.9. The smallest absolute Gasteiger partial charge is 0.306 e. The van der Waals surface area contributed by atoms with Crippen LogP contribution in [0.15, 0.2) is 66.7 Å². The molecule has 5 heteroatoms. The Bertz CT molecular complexity index is 1040. The molecule has 2 fully saturated rings. The van der Waals surface area contributed by atoms with Crippen molar-refractivity contribution in [2.45, 2.75) is 102 Å². The molecule has 0 unspecified atom stereocenters. The predicted octanol–water partition coefficient (Wildman–Crippen LogP) is 7.38. The number of aryl methyl sites for hydroxylation is 1. The lowest BCUT2D eigenvalue weighted by molar-refractivity contribution is -0.154. The van der Waals surface area contributed by atoms with Crippen LogP contribution in [-0.4, -0.2) is 61.0 Å². The molecular formula is C35H49NO4. The molecule has 1 aliphatic carbocycles. The molecule has 5 nitrogen and oxygen atoms in total.